The molecule has 5 heteroatoms. The van der Waals surface area contributed by atoms with Crippen molar-refractivity contribution in [3.63, 3.8) is 0 Å². The van der Waals surface area contributed by atoms with E-state index in [9.17, 15) is 9.59 Å². The Bertz CT molecular complexity index is 585. The lowest BCUT2D eigenvalue weighted by molar-refractivity contribution is 0.0793. The number of urea groups is 1. The van der Waals surface area contributed by atoms with Gasteiger partial charge in [-0.25, -0.2) is 4.79 Å². The largest absolute Gasteiger partial charge is 0.339 e. The molecule has 5 nitrogen and oxygen atoms in total. The molecule has 0 saturated carbocycles. The third kappa shape index (κ3) is 4.53. The number of carbonyl (C=O) groups excluding carboxylic acids is 2. The highest BCUT2D eigenvalue weighted by Gasteiger charge is 2.23. The van der Waals surface area contributed by atoms with Gasteiger partial charge in [0, 0.05) is 38.3 Å². The van der Waals surface area contributed by atoms with Crippen LogP contribution in [0.4, 0.5) is 4.79 Å². The predicted octanol–water partition coefficient (Wildman–Crippen LogP) is 2.91. The molecule has 0 radical (unpaired) electrons. The van der Waals surface area contributed by atoms with Crippen molar-refractivity contribution in [2.45, 2.75) is 39.0 Å². The Morgan fingerprint density at radius 3 is 2.24 bits per heavy atom. The van der Waals surface area contributed by atoms with Crippen LogP contribution < -0.4 is 5.32 Å². The van der Waals surface area contributed by atoms with Crippen LogP contribution in [0.15, 0.2) is 24.3 Å². The van der Waals surface area contributed by atoms with Gasteiger partial charge in [-0.15, -0.1) is 0 Å². The molecule has 2 fully saturated rings. The second-order valence-corrected chi connectivity index (χ2v) is 7.17. The lowest BCUT2D eigenvalue weighted by Crippen LogP contribution is -2.44. The monoisotopic (exact) mass is 343 g/mol. The summed E-state index contributed by atoms with van der Waals surface area (Å²) in [7, 11) is 0. The van der Waals surface area contributed by atoms with E-state index >= 15 is 0 Å². The molecule has 0 atom stereocenters. The number of hydrogen-bond donors (Lipinski definition) is 1. The minimum atomic E-state index is 0.0609. The maximum atomic E-state index is 12.4. The second-order valence-electron chi connectivity index (χ2n) is 7.17. The van der Waals surface area contributed by atoms with Gasteiger partial charge in [-0.05, 0) is 62.6 Å². The summed E-state index contributed by atoms with van der Waals surface area (Å²) < 4.78 is 0. The standard InChI is InChI=1S/C20H29N3O2/c1-2-21-20(25)23-13-9-17(10-14-23)15-16-5-7-18(8-6-16)19(24)22-11-3-4-12-22/h5-8,17H,2-4,9-15H2,1H3,(H,21,25). The third-order valence-corrected chi connectivity index (χ3v) is 5.35. The Labute approximate surface area is 150 Å². The van der Waals surface area contributed by atoms with E-state index in [-0.39, 0.29) is 11.9 Å². The van der Waals surface area contributed by atoms with Crippen LogP contribution in [0.3, 0.4) is 0 Å². The molecule has 3 amide bonds. The normalized spacial score (nSPS) is 18.4. The number of likely N-dealkylation sites (tertiary alicyclic amines) is 2. The van der Waals surface area contributed by atoms with E-state index in [2.05, 4.69) is 17.4 Å². The van der Waals surface area contributed by atoms with Gasteiger partial charge in [-0.3, -0.25) is 4.79 Å². The van der Waals surface area contributed by atoms with Crippen molar-refractivity contribution in [2.75, 3.05) is 32.7 Å². The Morgan fingerprint density at radius 2 is 1.64 bits per heavy atom. The Balaban J connectivity index is 1.49. The van der Waals surface area contributed by atoms with E-state index in [4.69, 9.17) is 0 Å². The third-order valence-electron chi connectivity index (χ3n) is 5.35. The van der Waals surface area contributed by atoms with Crippen molar-refractivity contribution in [1.82, 2.24) is 15.1 Å². The summed E-state index contributed by atoms with van der Waals surface area (Å²) in [4.78, 5) is 28.1. The van der Waals surface area contributed by atoms with Crippen LogP contribution in [0, 0.1) is 5.92 Å². The number of rotatable bonds is 4. The van der Waals surface area contributed by atoms with E-state index in [1.807, 2.05) is 28.9 Å². The average Bonchev–Trinajstić information content (AvgIpc) is 3.17. The first-order valence-corrected chi connectivity index (χ1v) is 9.58. The number of amides is 3. The number of hydrogen-bond acceptors (Lipinski definition) is 2. The Kier molecular flexibility index (Phi) is 5.95. The van der Waals surface area contributed by atoms with Crippen LogP contribution >= 0.6 is 0 Å². The molecular formula is C20H29N3O2. The number of piperidine rings is 1. The highest BCUT2D eigenvalue weighted by Crippen LogP contribution is 2.22. The zero-order valence-electron chi connectivity index (χ0n) is 15.2. The van der Waals surface area contributed by atoms with Crippen LogP contribution in [0.25, 0.3) is 0 Å². The molecule has 1 aromatic rings. The summed E-state index contributed by atoms with van der Waals surface area (Å²) >= 11 is 0. The summed E-state index contributed by atoms with van der Waals surface area (Å²) in [6.45, 7) is 6.09. The van der Waals surface area contributed by atoms with E-state index in [1.165, 1.54) is 5.56 Å². The van der Waals surface area contributed by atoms with Gasteiger partial charge in [0.2, 0.25) is 0 Å². The molecule has 0 aliphatic carbocycles. The van der Waals surface area contributed by atoms with Crippen LogP contribution in [0.2, 0.25) is 0 Å². The second kappa shape index (κ2) is 8.37. The fraction of sp³-hybridized carbons (Fsp3) is 0.600. The summed E-state index contributed by atoms with van der Waals surface area (Å²) in [5.74, 6) is 0.783. The SMILES string of the molecule is CCNC(=O)N1CCC(Cc2ccc(C(=O)N3CCCC3)cc2)CC1. The molecule has 0 aromatic heterocycles. The molecule has 0 unspecified atom stereocenters. The van der Waals surface area contributed by atoms with Crippen LogP contribution in [0.1, 0.15) is 48.5 Å². The van der Waals surface area contributed by atoms with Crippen molar-refractivity contribution >= 4 is 11.9 Å². The highest BCUT2D eigenvalue weighted by atomic mass is 16.2. The van der Waals surface area contributed by atoms with Crippen LogP contribution in [-0.4, -0.2) is 54.5 Å². The smallest absolute Gasteiger partial charge is 0.317 e. The lowest BCUT2D eigenvalue weighted by atomic mass is 9.90. The number of benzene rings is 1. The maximum absolute atomic E-state index is 12.4. The average molecular weight is 343 g/mol. The molecule has 0 bridgehead atoms. The van der Waals surface area contributed by atoms with Crippen molar-refractivity contribution in [3.8, 4) is 0 Å². The number of nitrogens with one attached hydrogen (secondary N) is 1. The van der Waals surface area contributed by atoms with E-state index < -0.39 is 0 Å². The summed E-state index contributed by atoms with van der Waals surface area (Å²) in [5, 5.41) is 2.87. The van der Waals surface area contributed by atoms with E-state index in [0.717, 1.165) is 63.8 Å². The molecule has 2 aliphatic heterocycles. The van der Waals surface area contributed by atoms with Crippen molar-refractivity contribution < 1.29 is 9.59 Å². The topological polar surface area (TPSA) is 52.7 Å². The lowest BCUT2D eigenvalue weighted by Gasteiger charge is -2.32. The van der Waals surface area contributed by atoms with Crippen LogP contribution in [-0.2, 0) is 6.42 Å². The minimum Gasteiger partial charge on any atom is -0.339 e. The van der Waals surface area contributed by atoms with Gasteiger partial charge in [0.25, 0.3) is 5.91 Å². The summed E-state index contributed by atoms with van der Waals surface area (Å²) in [6.07, 6.45) is 5.37. The Hall–Kier alpha value is -2.04. The van der Waals surface area contributed by atoms with Gasteiger partial charge < -0.3 is 15.1 Å². The number of nitrogens with zero attached hydrogens (tertiary/aromatic N) is 2. The zero-order chi connectivity index (χ0) is 17.6. The highest BCUT2D eigenvalue weighted by molar-refractivity contribution is 5.94. The molecular weight excluding hydrogens is 314 g/mol. The molecule has 136 valence electrons. The molecule has 2 saturated heterocycles. The quantitative estimate of drug-likeness (QED) is 0.914. The maximum Gasteiger partial charge on any atom is 0.317 e. The van der Waals surface area contributed by atoms with Crippen molar-refractivity contribution in [3.05, 3.63) is 35.4 Å². The van der Waals surface area contributed by atoms with Gasteiger partial charge in [-0.2, -0.15) is 0 Å². The number of carbonyl (C=O) groups is 2. The molecule has 1 N–H and O–H groups in total. The molecule has 1 aromatic carbocycles. The van der Waals surface area contributed by atoms with Crippen molar-refractivity contribution in [1.29, 1.82) is 0 Å². The fourth-order valence-corrected chi connectivity index (χ4v) is 3.82. The summed E-state index contributed by atoms with van der Waals surface area (Å²) in [5.41, 5.74) is 2.09. The van der Waals surface area contributed by atoms with Gasteiger partial charge >= 0.3 is 6.03 Å². The molecule has 25 heavy (non-hydrogen) atoms. The first-order chi connectivity index (χ1) is 12.2. The van der Waals surface area contributed by atoms with Gasteiger partial charge in [0.05, 0.1) is 0 Å². The first-order valence-electron chi connectivity index (χ1n) is 9.58. The van der Waals surface area contributed by atoms with Gasteiger partial charge in [0.1, 0.15) is 0 Å². The predicted molar refractivity (Wildman–Crippen MR) is 98.7 cm³/mol. The molecule has 0 spiro atoms. The van der Waals surface area contributed by atoms with Gasteiger partial charge in [-0.1, -0.05) is 12.1 Å². The van der Waals surface area contributed by atoms with Crippen LogP contribution in [0.5, 0.6) is 0 Å². The zero-order valence-corrected chi connectivity index (χ0v) is 15.2. The van der Waals surface area contributed by atoms with Crippen molar-refractivity contribution in [2.24, 2.45) is 5.92 Å². The summed E-state index contributed by atoms with van der Waals surface area (Å²) in [6, 6.07) is 8.20. The van der Waals surface area contributed by atoms with E-state index in [1.54, 1.807) is 0 Å². The first kappa shape index (κ1) is 17.8. The van der Waals surface area contributed by atoms with E-state index in [0.29, 0.717) is 12.5 Å². The van der Waals surface area contributed by atoms with Gasteiger partial charge in [0.15, 0.2) is 0 Å². The molecule has 2 heterocycles. The fourth-order valence-electron chi connectivity index (χ4n) is 3.82. The Morgan fingerprint density at radius 1 is 1.00 bits per heavy atom. The molecule has 2 aliphatic rings. The minimum absolute atomic E-state index is 0.0609. The molecule has 3 rings (SSSR count).